The Bertz CT molecular complexity index is 1150. The molecule has 3 amide bonds. The minimum atomic E-state index is -0.495. The molecule has 2 aromatic rings. The van der Waals surface area contributed by atoms with Crippen molar-refractivity contribution in [3.63, 3.8) is 0 Å². The van der Waals surface area contributed by atoms with Crippen molar-refractivity contribution in [2.24, 2.45) is 0 Å². The molecule has 1 N–H and O–H groups in total. The standard InChI is InChI=1S/C25H27IN2O5S/c1-5-10-33-23-18(26)11-17(12-20(23)32-6-2)13-21-24(30)28(25(31)34-21)14-22(29)27-19-9-7-8-15(3)16(19)4/h7-9,11-13H,5-6,10,14H2,1-4H3,(H,27,29)/b21-13-. The fourth-order valence-electron chi connectivity index (χ4n) is 3.29. The lowest BCUT2D eigenvalue weighted by Crippen LogP contribution is -2.36. The molecule has 9 heteroatoms. The zero-order valence-corrected chi connectivity index (χ0v) is 22.5. The third kappa shape index (κ3) is 6.12. The Morgan fingerprint density at radius 3 is 2.65 bits per heavy atom. The Morgan fingerprint density at radius 2 is 1.94 bits per heavy atom. The van der Waals surface area contributed by atoms with Crippen LogP contribution in [0.25, 0.3) is 6.08 Å². The smallest absolute Gasteiger partial charge is 0.294 e. The van der Waals surface area contributed by atoms with Gasteiger partial charge in [-0.25, -0.2) is 0 Å². The van der Waals surface area contributed by atoms with E-state index in [2.05, 4.69) is 27.9 Å². The molecule has 34 heavy (non-hydrogen) atoms. The van der Waals surface area contributed by atoms with Gasteiger partial charge in [-0.1, -0.05) is 19.1 Å². The molecule has 2 aromatic carbocycles. The highest BCUT2D eigenvalue weighted by molar-refractivity contribution is 14.1. The number of hydrogen-bond acceptors (Lipinski definition) is 6. The number of anilines is 1. The van der Waals surface area contributed by atoms with E-state index in [1.165, 1.54) is 0 Å². The second kappa shape index (κ2) is 11.7. The predicted molar refractivity (Wildman–Crippen MR) is 143 cm³/mol. The number of ether oxygens (including phenoxy) is 2. The van der Waals surface area contributed by atoms with Crippen LogP contribution in [0.15, 0.2) is 35.2 Å². The summed E-state index contributed by atoms with van der Waals surface area (Å²) in [6.07, 6.45) is 2.51. The molecule has 1 aliphatic rings. The maximum atomic E-state index is 12.9. The van der Waals surface area contributed by atoms with Gasteiger partial charge in [-0.3, -0.25) is 19.3 Å². The molecule has 0 aliphatic carbocycles. The number of halogens is 1. The van der Waals surface area contributed by atoms with E-state index in [0.29, 0.717) is 36.0 Å². The fourth-order valence-corrected chi connectivity index (χ4v) is 4.91. The first-order chi connectivity index (χ1) is 16.2. The average molecular weight is 594 g/mol. The lowest BCUT2D eigenvalue weighted by atomic mass is 10.1. The lowest BCUT2D eigenvalue weighted by Gasteiger charge is -2.15. The number of aryl methyl sites for hydroxylation is 1. The quantitative estimate of drug-likeness (QED) is 0.293. The van der Waals surface area contributed by atoms with Gasteiger partial charge in [0.1, 0.15) is 6.54 Å². The molecule has 0 bridgehead atoms. The second-order valence-corrected chi connectivity index (χ2v) is 9.83. The predicted octanol–water partition coefficient (Wildman–Crippen LogP) is 5.77. The fraction of sp³-hybridized carbons (Fsp3) is 0.320. The van der Waals surface area contributed by atoms with Crippen molar-refractivity contribution in [2.75, 3.05) is 25.1 Å². The molecule has 1 heterocycles. The van der Waals surface area contributed by atoms with Crippen LogP contribution >= 0.6 is 34.4 Å². The van der Waals surface area contributed by atoms with E-state index >= 15 is 0 Å². The maximum absolute atomic E-state index is 12.9. The molecule has 3 rings (SSSR count). The summed E-state index contributed by atoms with van der Waals surface area (Å²) in [4.78, 5) is 39.2. The van der Waals surface area contributed by atoms with Crippen LogP contribution in [0.4, 0.5) is 10.5 Å². The summed E-state index contributed by atoms with van der Waals surface area (Å²) in [5.74, 6) is 0.326. The zero-order chi connectivity index (χ0) is 24.8. The normalized spacial score (nSPS) is 14.6. The monoisotopic (exact) mass is 594 g/mol. The number of carbonyl (C=O) groups excluding carboxylic acids is 3. The largest absolute Gasteiger partial charge is 0.490 e. The van der Waals surface area contributed by atoms with Crippen molar-refractivity contribution in [1.29, 1.82) is 0 Å². The van der Waals surface area contributed by atoms with E-state index in [4.69, 9.17) is 9.47 Å². The van der Waals surface area contributed by atoms with Gasteiger partial charge in [0.25, 0.3) is 11.1 Å². The van der Waals surface area contributed by atoms with Crippen LogP contribution in [0.3, 0.4) is 0 Å². The molecule has 0 aromatic heterocycles. The lowest BCUT2D eigenvalue weighted by molar-refractivity contribution is -0.127. The van der Waals surface area contributed by atoms with Crippen LogP contribution in [-0.4, -0.2) is 41.7 Å². The molecule has 0 spiro atoms. The molecule has 1 aliphatic heterocycles. The number of amides is 3. The Morgan fingerprint density at radius 1 is 1.18 bits per heavy atom. The number of imide groups is 1. The maximum Gasteiger partial charge on any atom is 0.294 e. The van der Waals surface area contributed by atoms with Crippen LogP contribution in [0.5, 0.6) is 11.5 Å². The van der Waals surface area contributed by atoms with E-state index in [0.717, 1.165) is 37.8 Å². The molecule has 0 radical (unpaired) electrons. The molecule has 0 atom stereocenters. The van der Waals surface area contributed by atoms with Crippen molar-refractivity contribution < 1.29 is 23.9 Å². The van der Waals surface area contributed by atoms with Crippen molar-refractivity contribution in [2.45, 2.75) is 34.1 Å². The molecule has 7 nitrogen and oxygen atoms in total. The summed E-state index contributed by atoms with van der Waals surface area (Å²) in [5.41, 5.74) is 3.35. The Labute approximate surface area is 217 Å². The molecular formula is C25H27IN2O5S. The third-order valence-electron chi connectivity index (χ3n) is 5.13. The first-order valence-electron chi connectivity index (χ1n) is 11.0. The van der Waals surface area contributed by atoms with Crippen molar-refractivity contribution in [3.8, 4) is 11.5 Å². The van der Waals surface area contributed by atoms with Crippen LogP contribution < -0.4 is 14.8 Å². The number of rotatable bonds is 9. The number of hydrogen-bond donors (Lipinski definition) is 1. The molecule has 1 saturated heterocycles. The summed E-state index contributed by atoms with van der Waals surface area (Å²) in [7, 11) is 0. The van der Waals surface area contributed by atoms with Gasteiger partial charge in [-0.05, 0) is 103 Å². The summed E-state index contributed by atoms with van der Waals surface area (Å²) < 4.78 is 12.4. The van der Waals surface area contributed by atoms with Gasteiger partial charge in [0.15, 0.2) is 11.5 Å². The van der Waals surface area contributed by atoms with E-state index in [9.17, 15) is 14.4 Å². The molecular weight excluding hydrogens is 567 g/mol. The van der Waals surface area contributed by atoms with Crippen LogP contribution in [-0.2, 0) is 9.59 Å². The van der Waals surface area contributed by atoms with Gasteiger partial charge in [0.05, 0.1) is 21.7 Å². The first-order valence-corrected chi connectivity index (χ1v) is 12.8. The zero-order valence-electron chi connectivity index (χ0n) is 19.6. The van der Waals surface area contributed by atoms with Crippen molar-refractivity contribution in [3.05, 3.63) is 55.5 Å². The highest BCUT2D eigenvalue weighted by Gasteiger charge is 2.36. The molecule has 0 saturated carbocycles. The number of thioether (sulfide) groups is 1. The average Bonchev–Trinajstić information content (AvgIpc) is 3.04. The molecule has 0 unspecified atom stereocenters. The Hall–Kier alpha value is -2.53. The highest BCUT2D eigenvalue weighted by atomic mass is 127. The van der Waals surface area contributed by atoms with E-state index < -0.39 is 17.1 Å². The minimum absolute atomic E-state index is 0.255. The second-order valence-electron chi connectivity index (χ2n) is 7.67. The van der Waals surface area contributed by atoms with Gasteiger partial charge in [0, 0.05) is 5.69 Å². The highest BCUT2D eigenvalue weighted by Crippen LogP contribution is 2.37. The summed E-state index contributed by atoms with van der Waals surface area (Å²) in [6, 6.07) is 9.25. The number of benzene rings is 2. The van der Waals surface area contributed by atoms with Gasteiger partial charge in [-0.2, -0.15) is 0 Å². The van der Waals surface area contributed by atoms with Gasteiger partial charge in [0.2, 0.25) is 5.91 Å². The van der Waals surface area contributed by atoms with Crippen LogP contribution in [0.1, 0.15) is 37.0 Å². The minimum Gasteiger partial charge on any atom is -0.490 e. The van der Waals surface area contributed by atoms with E-state index in [1.54, 1.807) is 18.2 Å². The van der Waals surface area contributed by atoms with Crippen molar-refractivity contribution >= 4 is 63.2 Å². The third-order valence-corrected chi connectivity index (χ3v) is 6.84. The van der Waals surface area contributed by atoms with Gasteiger partial charge < -0.3 is 14.8 Å². The Balaban J connectivity index is 1.77. The van der Waals surface area contributed by atoms with E-state index in [1.807, 2.05) is 45.9 Å². The van der Waals surface area contributed by atoms with E-state index in [-0.39, 0.29) is 11.4 Å². The van der Waals surface area contributed by atoms with Crippen LogP contribution in [0, 0.1) is 17.4 Å². The summed E-state index contributed by atoms with van der Waals surface area (Å²) in [5, 5.41) is 2.31. The van der Waals surface area contributed by atoms with Crippen molar-refractivity contribution in [1.82, 2.24) is 4.90 Å². The number of nitrogens with zero attached hydrogens (tertiary/aromatic N) is 1. The topological polar surface area (TPSA) is 84.9 Å². The number of nitrogens with one attached hydrogen (secondary N) is 1. The van der Waals surface area contributed by atoms with Gasteiger partial charge >= 0.3 is 0 Å². The first kappa shape index (κ1) is 26.1. The number of carbonyl (C=O) groups is 3. The Kier molecular flexibility index (Phi) is 9.01. The summed E-state index contributed by atoms with van der Waals surface area (Å²) >= 11 is 2.98. The summed E-state index contributed by atoms with van der Waals surface area (Å²) in [6.45, 7) is 8.46. The van der Waals surface area contributed by atoms with Gasteiger partial charge in [-0.15, -0.1) is 0 Å². The SMILES string of the molecule is CCCOc1c(I)cc(/C=C2\SC(=O)N(CC(=O)Nc3cccc(C)c3C)C2=O)cc1OCC. The molecule has 180 valence electrons. The molecule has 1 fully saturated rings. The van der Waals surface area contributed by atoms with Crippen LogP contribution in [0.2, 0.25) is 0 Å².